The summed E-state index contributed by atoms with van der Waals surface area (Å²) in [5, 5.41) is 3.26. The molecule has 2 heterocycles. The maximum Gasteiger partial charge on any atom is 0.224 e. The Kier molecular flexibility index (Phi) is 7.68. The van der Waals surface area contributed by atoms with Gasteiger partial charge in [-0.1, -0.05) is 12.1 Å². The summed E-state index contributed by atoms with van der Waals surface area (Å²) in [6.07, 6.45) is 3.29. The summed E-state index contributed by atoms with van der Waals surface area (Å²) in [5.74, 6) is 2.42. The average molecular weight is 447 g/mol. The van der Waals surface area contributed by atoms with E-state index in [1.165, 1.54) is 11.1 Å². The molecule has 168 valence electrons. The lowest BCUT2D eigenvalue weighted by Gasteiger charge is -2.43. The number of nitrogens with one attached hydrogen (secondary N) is 1. The van der Waals surface area contributed by atoms with Crippen LogP contribution in [0.4, 0.5) is 0 Å². The van der Waals surface area contributed by atoms with E-state index in [9.17, 15) is 4.79 Å². The fourth-order valence-electron chi connectivity index (χ4n) is 4.67. The molecule has 0 aromatic heterocycles. The number of piperidine rings is 1. The molecule has 2 aromatic carbocycles. The van der Waals surface area contributed by atoms with Gasteiger partial charge in [-0.3, -0.25) is 9.69 Å². The molecule has 1 fully saturated rings. The number of carbonyl (C=O) groups is 1. The molecule has 1 N–H and O–H groups in total. The van der Waals surface area contributed by atoms with Crippen molar-refractivity contribution in [2.24, 2.45) is 0 Å². The predicted molar refractivity (Wildman–Crippen MR) is 123 cm³/mol. The average Bonchev–Trinajstić information content (AvgIpc) is 2.78. The highest BCUT2D eigenvalue weighted by Crippen LogP contribution is 2.41. The van der Waals surface area contributed by atoms with Crippen LogP contribution < -0.4 is 19.5 Å². The van der Waals surface area contributed by atoms with E-state index in [4.69, 9.17) is 14.2 Å². The number of nitrogens with zero attached hydrogens (tertiary/aromatic N) is 1. The van der Waals surface area contributed by atoms with E-state index in [0.717, 1.165) is 55.2 Å². The molecule has 31 heavy (non-hydrogen) atoms. The molecule has 0 spiro atoms. The van der Waals surface area contributed by atoms with Crippen LogP contribution >= 0.6 is 12.4 Å². The molecule has 1 amide bonds. The number of fused-ring (bicyclic) bond motifs is 3. The van der Waals surface area contributed by atoms with Crippen molar-refractivity contribution in [3.63, 3.8) is 0 Å². The third kappa shape index (κ3) is 5.08. The zero-order valence-corrected chi connectivity index (χ0v) is 19.2. The number of rotatable bonds is 6. The minimum atomic E-state index is 0. The Hall–Kier alpha value is -2.44. The molecule has 1 saturated heterocycles. The molecule has 2 aliphatic rings. The molecular weight excluding hydrogens is 416 g/mol. The number of benzene rings is 2. The summed E-state index contributed by atoms with van der Waals surface area (Å²) in [5.41, 5.74) is 3.61. The summed E-state index contributed by atoms with van der Waals surface area (Å²) in [4.78, 5) is 15.2. The lowest BCUT2D eigenvalue weighted by molar-refractivity contribution is -0.121. The maximum atomic E-state index is 12.6. The van der Waals surface area contributed by atoms with Crippen LogP contribution in [0, 0.1) is 0 Å². The maximum absolute atomic E-state index is 12.6. The molecule has 0 radical (unpaired) electrons. The van der Waals surface area contributed by atoms with Crippen LogP contribution in [0.3, 0.4) is 0 Å². The predicted octanol–water partition coefficient (Wildman–Crippen LogP) is 3.55. The van der Waals surface area contributed by atoms with Crippen molar-refractivity contribution in [3.8, 4) is 17.2 Å². The van der Waals surface area contributed by atoms with Gasteiger partial charge in [0.15, 0.2) is 11.5 Å². The summed E-state index contributed by atoms with van der Waals surface area (Å²) in [6, 6.07) is 12.4. The first kappa shape index (κ1) is 23.2. The highest BCUT2D eigenvalue weighted by molar-refractivity contribution is 5.85. The van der Waals surface area contributed by atoms with E-state index in [-0.39, 0.29) is 24.4 Å². The van der Waals surface area contributed by atoms with Gasteiger partial charge in [0.05, 0.1) is 27.8 Å². The largest absolute Gasteiger partial charge is 0.497 e. The SMILES string of the molecule is COc1ccc(CC(=O)NC2CCN3CCc4cc(OC)c(OC)cc4C3C2)cc1.Cl. The molecular formula is C24H31ClN2O4. The van der Waals surface area contributed by atoms with Crippen molar-refractivity contribution in [1.29, 1.82) is 0 Å². The zero-order chi connectivity index (χ0) is 21.1. The number of methoxy groups -OCH3 is 3. The summed E-state index contributed by atoms with van der Waals surface area (Å²) in [7, 11) is 4.99. The first-order valence-electron chi connectivity index (χ1n) is 10.5. The molecule has 2 aliphatic heterocycles. The van der Waals surface area contributed by atoms with Crippen molar-refractivity contribution in [3.05, 3.63) is 53.1 Å². The molecule has 0 aliphatic carbocycles. The van der Waals surface area contributed by atoms with Crippen LogP contribution in [-0.2, 0) is 17.6 Å². The second kappa shape index (κ2) is 10.2. The highest BCUT2D eigenvalue weighted by atomic mass is 35.5. The smallest absolute Gasteiger partial charge is 0.224 e. The number of amides is 1. The van der Waals surface area contributed by atoms with E-state index in [1.807, 2.05) is 24.3 Å². The van der Waals surface area contributed by atoms with Gasteiger partial charge in [0.25, 0.3) is 0 Å². The Morgan fingerprint density at radius 3 is 2.42 bits per heavy atom. The Labute approximate surface area is 190 Å². The summed E-state index contributed by atoms with van der Waals surface area (Å²) in [6.45, 7) is 2.03. The monoisotopic (exact) mass is 446 g/mol. The number of carbonyl (C=O) groups excluding carboxylic acids is 1. The van der Waals surface area contributed by atoms with Crippen LogP contribution in [-0.4, -0.2) is 51.3 Å². The van der Waals surface area contributed by atoms with Crippen LogP contribution in [0.5, 0.6) is 17.2 Å². The second-order valence-corrected chi connectivity index (χ2v) is 8.02. The lowest BCUT2D eigenvalue weighted by Crippen LogP contribution is -2.48. The third-order valence-corrected chi connectivity index (χ3v) is 6.27. The summed E-state index contributed by atoms with van der Waals surface area (Å²) >= 11 is 0. The minimum Gasteiger partial charge on any atom is -0.497 e. The van der Waals surface area contributed by atoms with Crippen LogP contribution in [0.25, 0.3) is 0 Å². The van der Waals surface area contributed by atoms with Gasteiger partial charge < -0.3 is 19.5 Å². The van der Waals surface area contributed by atoms with E-state index < -0.39 is 0 Å². The topological polar surface area (TPSA) is 60.0 Å². The van der Waals surface area contributed by atoms with Crippen LogP contribution in [0.2, 0.25) is 0 Å². The van der Waals surface area contributed by atoms with Gasteiger partial charge in [-0.05, 0) is 60.2 Å². The fraction of sp³-hybridized carbons (Fsp3) is 0.458. The number of hydrogen-bond donors (Lipinski definition) is 1. The minimum absolute atomic E-state index is 0. The number of hydrogen-bond acceptors (Lipinski definition) is 5. The van der Waals surface area contributed by atoms with Crippen LogP contribution in [0.1, 0.15) is 35.6 Å². The van der Waals surface area contributed by atoms with Gasteiger partial charge in [0.2, 0.25) is 5.91 Å². The number of ether oxygens (including phenoxy) is 3. The van der Waals surface area contributed by atoms with Gasteiger partial charge in [-0.15, -0.1) is 12.4 Å². The molecule has 4 rings (SSSR count). The molecule has 0 saturated carbocycles. The normalized spacial score (nSPS) is 20.0. The standard InChI is InChI=1S/C24H30N2O4.ClH/c1-28-19-6-4-16(5-7-19)12-24(27)25-18-9-11-26-10-8-17-13-22(29-2)23(30-3)15-20(17)21(26)14-18;/h4-7,13,15,18,21H,8-12,14H2,1-3H3,(H,25,27);1H. The van der Waals surface area contributed by atoms with E-state index in [0.29, 0.717) is 12.5 Å². The van der Waals surface area contributed by atoms with Gasteiger partial charge in [-0.25, -0.2) is 0 Å². The van der Waals surface area contributed by atoms with Crippen molar-refractivity contribution in [1.82, 2.24) is 10.2 Å². The first-order valence-corrected chi connectivity index (χ1v) is 10.5. The van der Waals surface area contributed by atoms with E-state index in [2.05, 4.69) is 22.3 Å². The second-order valence-electron chi connectivity index (χ2n) is 8.02. The Morgan fingerprint density at radius 2 is 1.74 bits per heavy atom. The van der Waals surface area contributed by atoms with Crippen LogP contribution in [0.15, 0.2) is 36.4 Å². The van der Waals surface area contributed by atoms with Crippen molar-refractivity contribution >= 4 is 18.3 Å². The van der Waals surface area contributed by atoms with Crippen molar-refractivity contribution in [2.75, 3.05) is 34.4 Å². The Bertz CT molecular complexity index is 903. The summed E-state index contributed by atoms with van der Waals surface area (Å²) < 4.78 is 16.2. The van der Waals surface area contributed by atoms with Gasteiger partial charge in [0, 0.05) is 25.2 Å². The molecule has 2 atom stereocenters. The van der Waals surface area contributed by atoms with Gasteiger partial charge >= 0.3 is 0 Å². The Morgan fingerprint density at radius 1 is 1.03 bits per heavy atom. The van der Waals surface area contributed by atoms with E-state index >= 15 is 0 Å². The molecule has 7 heteroatoms. The quantitative estimate of drug-likeness (QED) is 0.735. The first-order chi connectivity index (χ1) is 14.6. The third-order valence-electron chi connectivity index (χ3n) is 6.27. The molecule has 2 unspecified atom stereocenters. The van der Waals surface area contributed by atoms with Gasteiger partial charge in [-0.2, -0.15) is 0 Å². The van der Waals surface area contributed by atoms with Crippen molar-refractivity contribution in [2.45, 2.75) is 37.8 Å². The fourth-order valence-corrected chi connectivity index (χ4v) is 4.67. The molecule has 6 nitrogen and oxygen atoms in total. The molecule has 0 bridgehead atoms. The molecule has 2 aromatic rings. The highest BCUT2D eigenvalue weighted by Gasteiger charge is 2.35. The van der Waals surface area contributed by atoms with Crippen molar-refractivity contribution < 1.29 is 19.0 Å². The lowest BCUT2D eigenvalue weighted by atomic mass is 9.84. The zero-order valence-electron chi connectivity index (χ0n) is 18.3. The number of halogens is 1. The van der Waals surface area contributed by atoms with E-state index in [1.54, 1.807) is 21.3 Å². The Balaban J connectivity index is 0.00000272. The van der Waals surface area contributed by atoms with Gasteiger partial charge in [0.1, 0.15) is 5.75 Å².